The van der Waals surface area contributed by atoms with E-state index in [4.69, 9.17) is 4.74 Å². The number of benzene rings is 1. The Morgan fingerprint density at radius 2 is 2.11 bits per heavy atom. The van der Waals surface area contributed by atoms with Crippen molar-refractivity contribution in [1.29, 1.82) is 0 Å². The molecular weight excluding hydrogens is 344 g/mol. The fourth-order valence-electron chi connectivity index (χ4n) is 4.04. The number of fused-ring (bicyclic) bond motifs is 1. The first-order valence-corrected chi connectivity index (χ1v) is 9.65. The summed E-state index contributed by atoms with van der Waals surface area (Å²) in [7, 11) is 0. The van der Waals surface area contributed by atoms with Crippen molar-refractivity contribution in [2.45, 2.75) is 51.2 Å². The third-order valence-electron chi connectivity index (χ3n) is 5.58. The molecule has 144 valence electrons. The summed E-state index contributed by atoms with van der Waals surface area (Å²) in [6.07, 6.45) is 4.35. The fraction of sp³-hybridized carbons (Fsp3) is 0.550. The molecule has 1 saturated heterocycles. The van der Waals surface area contributed by atoms with Crippen LogP contribution in [-0.2, 0) is 9.53 Å². The Bertz CT molecular complexity index is 871. The molecule has 1 aliphatic heterocycles. The number of imidazole rings is 1. The Kier molecular flexibility index (Phi) is 4.63. The number of morpholine rings is 1. The standard InChI is InChI=1S/C20H26N4O3/c1-13-21-16-8-7-14(11-17(16)22-13)18(25)24-9-10-27-20(2,12-24)19(26)23-15-5-3-4-6-15/h7-8,11,15H,3-6,9-10,12H2,1-2H3,(H,21,22)(H,23,26). The maximum absolute atomic E-state index is 13.0. The first kappa shape index (κ1) is 18.0. The molecule has 1 atom stereocenters. The summed E-state index contributed by atoms with van der Waals surface area (Å²) in [6.45, 7) is 4.75. The summed E-state index contributed by atoms with van der Waals surface area (Å²) in [6, 6.07) is 5.69. The summed E-state index contributed by atoms with van der Waals surface area (Å²) in [5.41, 5.74) is 1.26. The van der Waals surface area contributed by atoms with Crippen molar-refractivity contribution >= 4 is 22.8 Å². The van der Waals surface area contributed by atoms with Gasteiger partial charge in [0.1, 0.15) is 5.82 Å². The molecule has 2 heterocycles. The van der Waals surface area contributed by atoms with Gasteiger partial charge in [-0.25, -0.2) is 4.98 Å². The minimum Gasteiger partial charge on any atom is -0.362 e. The molecule has 2 aromatic rings. The maximum atomic E-state index is 13.0. The summed E-state index contributed by atoms with van der Waals surface area (Å²) >= 11 is 0. The maximum Gasteiger partial charge on any atom is 0.254 e. The Labute approximate surface area is 158 Å². The number of hydrogen-bond donors (Lipinski definition) is 2. The van der Waals surface area contributed by atoms with Crippen LogP contribution < -0.4 is 5.32 Å². The van der Waals surface area contributed by atoms with Crippen molar-refractivity contribution in [3.05, 3.63) is 29.6 Å². The highest BCUT2D eigenvalue weighted by Crippen LogP contribution is 2.24. The van der Waals surface area contributed by atoms with Gasteiger partial charge in [-0.15, -0.1) is 0 Å². The van der Waals surface area contributed by atoms with Crippen molar-refractivity contribution in [2.24, 2.45) is 0 Å². The van der Waals surface area contributed by atoms with Gasteiger partial charge in [-0.2, -0.15) is 0 Å². The van der Waals surface area contributed by atoms with Crippen LogP contribution in [0, 0.1) is 6.92 Å². The van der Waals surface area contributed by atoms with Crippen LogP contribution >= 0.6 is 0 Å². The average Bonchev–Trinajstić information content (AvgIpc) is 3.28. The molecule has 2 amide bonds. The van der Waals surface area contributed by atoms with Gasteiger partial charge in [0.25, 0.3) is 11.8 Å². The number of aryl methyl sites for hydroxylation is 1. The van der Waals surface area contributed by atoms with Crippen LogP contribution in [0.2, 0.25) is 0 Å². The molecule has 0 spiro atoms. The average molecular weight is 370 g/mol. The quantitative estimate of drug-likeness (QED) is 0.867. The predicted octanol–water partition coefficient (Wildman–Crippen LogP) is 2.16. The number of hydrogen-bond acceptors (Lipinski definition) is 4. The van der Waals surface area contributed by atoms with Crippen molar-refractivity contribution < 1.29 is 14.3 Å². The molecule has 1 saturated carbocycles. The highest BCUT2D eigenvalue weighted by Gasteiger charge is 2.41. The first-order chi connectivity index (χ1) is 12.9. The molecule has 2 N–H and O–H groups in total. The molecule has 1 unspecified atom stereocenters. The molecule has 1 aliphatic carbocycles. The SMILES string of the molecule is Cc1nc2ccc(C(=O)N3CCOC(C)(C(=O)NC4CCCC4)C3)cc2[nH]1. The van der Waals surface area contributed by atoms with Gasteiger partial charge in [0, 0.05) is 18.2 Å². The number of rotatable bonds is 3. The summed E-state index contributed by atoms with van der Waals surface area (Å²) < 4.78 is 5.81. The van der Waals surface area contributed by atoms with E-state index in [1.165, 1.54) is 0 Å². The van der Waals surface area contributed by atoms with E-state index in [0.29, 0.717) is 18.7 Å². The number of H-pyrrole nitrogens is 1. The largest absolute Gasteiger partial charge is 0.362 e. The lowest BCUT2D eigenvalue weighted by Gasteiger charge is -2.39. The van der Waals surface area contributed by atoms with E-state index < -0.39 is 5.60 Å². The number of ether oxygens (including phenoxy) is 1. The molecule has 7 nitrogen and oxygen atoms in total. The van der Waals surface area contributed by atoms with E-state index in [0.717, 1.165) is 42.5 Å². The van der Waals surface area contributed by atoms with E-state index in [1.54, 1.807) is 17.9 Å². The zero-order chi connectivity index (χ0) is 19.0. The Morgan fingerprint density at radius 1 is 1.33 bits per heavy atom. The topological polar surface area (TPSA) is 87.3 Å². The number of carbonyl (C=O) groups is 2. The Hall–Kier alpha value is -2.41. The van der Waals surface area contributed by atoms with Crippen LogP contribution in [0.15, 0.2) is 18.2 Å². The lowest BCUT2D eigenvalue weighted by Crippen LogP contribution is -2.60. The van der Waals surface area contributed by atoms with Crippen LogP contribution in [-0.4, -0.2) is 58.0 Å². The number of nitrogens with zero attached hydrogens (tertiary/aromatic N) is 2. The van der Waals surface area contributed by atoms with E-state index >= 15 is 0 Å². The van der Waals surface area contributed by atoms with Crippen LogP contribution in [0.3, 0.4) is 0 Å². The lowest BCUT2D eigenvalue weighted by molar-refractivity contribution is -0.154. The van der Waals surface area contributed by atoms with Gasteiger partial charge in [0.05, 0.1) is 24.2 Å². The molecule has 1 aromatic carbocycles. The fourth-order valence-corrected chi connectivity index (χ4v) is 4.04. The van der Waals surface area contributed by atoms with Gasteiger partial charge in [-0.1, -0.05) is 12.8 Å². The van der Waals surface area contributed by atoms with Crippen molar-refractivity contribution in [3.63, 3.8) is 0 Å². The van der Waals surface area contributed by atoms with Crippen molar-refractivity contribution in [2.75, 3.05) is 19.7 Å². The van der Waals surface area contributed by atoms with Gasteiger partial charge in [-0.3, -0.25) is 9.59 Å². The van der Waals surface area contributed by atoms with Gasteiger partial charge in [0.15, 0.2) is 5.60 Å². The van der Waals surface area contributed by atoms with Crippen LogP contribution in [0.4, 0.5) is 0 Å². The van der Waals surface area contributed by atoms with Crippen LogP contribution in [0.1, 0.15) is 48.8 Å². The van der Waals surface area contributed by atoms with Crippen LogP contribution in [0.5, 0.6) is 0 Å². The number of carbonyl (C=O) groups excluding carboxylic acids is 2. The first-order valence-electron chi connectivity index (χ1n) is 9.65. The van der Waals surface area contributed by atoms with Gasteiger partial charge in [0.2, 0.25) is 0 Å². The molecule has 0 bridgehead atoms. The molecule has 1 aromatic heterocycles. The molecule has 7 heteroatoms. The highest BCUT2D eigenvalue weighted by atomic mass is 16.5. The monoisotopic (exact) mass is 370 g/mol. The predicted molar refractivity (Wildman–Crippen MR) is 101 cm³/mol. The smallest absolute Gasteiger partial charge is 0.254 e. The second-order valence-electron chi connectivity index (χ2n) is 7.82. The van der Waals surface area contributed by atoms with E-state index in [1.807, 2.05) is 19.1 Å². The highest BCUT2D eigenvalue weighted by molar-refractivity contribution is 5.98. The number of amides is 2. The lowest BCUT2D eigenvalue weighted by atomic mass is 10.0. The molecule has 0 radical (unpaired) electrons. The Balaban J connectivity index is 1.48. The molecule has 2 fully saturated rings. The molecule has 2 aliphatic rings. The van der Waals surface area contributed by atoms with E-state index in [9.17, 15) is 9.59 Å². The van der Waals surface area contributed by atoms with E-state index in [2.05, 4.69) is 15.3 Å². The van der Waals surface area contributed by atoms with Crippen molar-refractivity contribution in [1.82, 2.24) is 20.2 Å². The Morgan fingerprint density at radius 3 is 2.89 bits per heavy atom. The molecule has 4 rings (SSSR count). The van der Waals surface area contributed by atoms with Gasteiger partial charge < -0.3 is 19.9 Å². The van der Waals surface area contributed by atoms with Gasteiger partial charge in [-0.05, 0) is 44.9 Å². The molecule has 27 heavy (non-hydrogen) atoms. The zero-order valence-corrected chi connectivity index (χ0v) is 15.9. The van der Waals surface area contributed by atoms with Crippen LogP contribution in [0.25, 0.3) is 11.0 Å². The summed E-state index contributed by atoms with van der Waals surface area (Å²) in [5, 5.41) is 3.10. The third-order valence-corrected chi connectivity index (χ3v) is 5.58. The minimum atomic E-state index is -1.01. The second kappa shape index (κ2) is 6.96. The molecular formula is C20H26N4O3. The zero-order valence-electron chi connectivity index (χ0n) is 15.9. The minimum absolute atomic E-state index is 0.0904. The second-order valence-corrected chi connectivity index (χ2v) is 7.82. The van der Waals surface area contributed by atoms with Crippen molar-refractivity contribution in [3.8, 4) is 0 Å². The number of nitrogens with one attached hydrogen (secondary N) is 2. The number of aromatic amines is 1. The third kappa shape index (κ3) is 3.56. The summed E-state index contributed by atoms with van der Waals surface area (Å²) in [4.78, 5) is 35.0. The van der Waals surface area contributed by atoms with Gasteiger partial charge >= 0.3 is 0 Å². The summed E-state index contributed by atoms with van der Waals surface area (Å²) in [5.74, 6) is 0.607. The number of aromatic nitrogens is 2. The normalized spacial score (nSPS) is 23.7. The van der Waals surface area contributed by atoms with E-state index in [-0.39, 0.29) is 24.4 Å².